The monoisotopic (exact) mass is 754 g/mol. The highest BCUT2D eigenvalue weighted by Gasteiger charge is 2.43. The fraction of sp³-hybridized carbons (Fsp3) is 0.179. The molecule has 15 heteroatoms. The predicted octanol–water partition coefficient (Wildman–Crippen LogP) is 7.36. The van der Waals surface area contributed by atoms with Crippen LogP contribution in [0, 0.1) is 11.3 Å². The van der Waals surface area contributed by atoms with Gasteiger partial charge in [-0.1, -0.05) is 54.6 Å². The summed E-state index contributed by atoms with van der Waals surface area (Å²) < 4.78 is 92.3. The van der Waals surface area contributed by atoms with Crippen LogP contribution in [0.4, 0.5) is 13.2 Å². The van der Waals surface area contributed by atoms with E-state index in [0.717, 1.165) is 15.9 Å². The number of benzene rings is 5. The van der Waals surface area contributed by atoms with Crippen molar-refractivity contribution < 1.29 is 35.8 Å². The minimum atomic E-state index is -5.12. The van der Waals surface area contributed by atoms with Gasteiger partial charge in [-0.3, -0.25) is 0 Å². The van der Waals surface area contributed by atoms with Crippen LogP contribution in [0.3, 0.4) is 0 Å². The highest BCUT2D eigenvalue weighted by atomic mass is 32.2. The van der Waals surface area contributed by atoms with Gasteiger partial charge in [-0.05, 0) is 87.6 Å². The molecule has 0 aliphatic rings. The Morgan fingerprint density at radius 3 is 1.69 bits per heavy atom. The molecule has 1 aromatic heterocycles. The van der Waals surface area contributed by atoms with Crippen molar-refractivity contribution in [3.8, 4) is 45.8 Å². The number of nitrogens with zero attached hydrogens (tertiary/aromatic N) is 6. The standard InChI is InChI=1S/C39H33F3N6O5S/c1-51-31-14-6-27(7-15-31)23-47(24-28-8-16-32(52-2)17-9-28)54(49,50)37-35(39(40,41)42)21-20-34(30-12-4-26(22-43)5-13-30)36(37)38-44-46-48(45-38)25-29-10-18-33(53-3)19-11-29/h4-21H,23-25H2,1-3H3. The molecule has 5 aromatic carbocycles. The average molecular weight is 755 g/mol. The van der Waals surface area contributed by atoms with E-state index < -0.39 is 32.2 Å². The predicted molar refractivity (Wildman–Crippen MR) is 193 cm³/mol. The van der Waals surface area contributed by atoms with Gasteiger partial charge >= 0.3 is 6.18 Å². The Morgan fingerprint density at radius 2 is 1.22 bits per heavy atom. The van der Waals surface area contributed by atoms with E-state index in [1.54, 1.807) is 72.8 Å². The number of hydrogen-bond acceptors (Lipinski definition) is 9. The molecular weight excluding hydrogens is 722 g/mol. The van der Waals surface area contributed by atoms with Crippen LogP contribution in [-0.2, 0) is 35.8 Å². The lowest BCUT2D eigenvalue weighted by molar-refractivity contribution is -0.139. The second-order valence-electron chi connectivity index (χ2n) is 12.0. The van der Waals surface area contributed by atoms with Crippen LogP contribution in [0.25, 0.3) is 22.5 Å². The molecule has 0 unspecified atom stereocenters. The first-order valence-corrected chi connectivity index (χ1v) is 17.8. The topological polar surface area (TPSA) is 132 Å². The molecule has 0 radical (unpaired) electrons. The van der Waals surface area contributed by atoms with Gasteiger partial charge in [0.05, 0.1) is 50.6 Å². The molecule has 0 amide bonds. The van der Waals surface area contributed by atoms with E-state index in [0.29, 0.717) is 39.5 Å². The van der Waals surface area contributed by atoms with E-state index in [4.69, 9.17) is 14.2 Å². The Morgan fingerprint density at radius 1 is 0.722 bits per heavy atom. The second-order valence-corrected chi connectivity index (χ2v) is 13.9. The first-order chi connectivity index (χ1) is 25.9. The van der Waals surface area contributed by atoms with Crippen molar-refractivity contribution in [3.63, 3.8) is 0 Å². The molecule has 6 rings (SSSR count). The molecule has 54 heavy (non-hydrogen) atoms. The summed E-state index contributed by atoms with van der Waals surface area (Å²) in [6.45, 7) is -0.521. The third-order valence-corrected chi connectivity index (χ3v) is 10.5. The zero-order valence-electron chi connectivity index (χ0n) is 29.3. The zero-order valence-corrected chi connectivity index (χ0v) is 30.1. The normalized spacial score (nSPS) is 11.7. The van der Waals surface area contributed by atoms with Crippen LogP contribution < -0.4 is 14.2 Å². The maximum Gasteiger partial charge on any atom is 0.417 e. The van der Waals surface area contributed by atoms with Crippen molar-refractivity contribution >= 4 is 10.0 Å². The summed E-state index contributed by atoms with van der Waals surface area (Å²) in [5, 5.41) is 22.1. The number of aromatic nitrogens is 4. The summed E-state index contributed by atoms with van der Waals surface area (Å²) in [5.41, 5.74) is 0.634. The summed E-state index contributed by atoms with van der Waals surface area (Å²) in [6, 6.07) is 30.0. The van der Waals surface area contributed by atoms with Gasteiger partial charge in [0.25, 0.3) is 0 Å². The summed E-state index contributed by atoms with van der Waals surface area (Å²) in [7, 11) is -0.558. The molecule has 0 bridgehead atoms. The second kappa shape index (κ2) is 15.8. The van der Waals surface area contributed by atoms with Crippen molar-refractivity contribution in [2.75, 3.05) is 21.3 Å². The lowest BCUT2D eigenvalue weighted by atomic mass is 9.96. The van der Waals surface area contributed by atoms with Crippen molar-refractivity contribution in [1.29, 1.82) is 5.26 Å². The largest absolute Gasteiger partial charge is 0.497 e. The van der Waals surface area contributed by atoms with Gasteiger partial charge in [0, 0.05) is 13.1 Å². The fourth-order valence-electron chi connectivity index (χ4n) is 5.79. The lowest BCUT2D eigenvalue weighted by Gasteiger charge is -2.27. The van der Waals surface area contributed by atoms with Gasteiger partial charge < -0.3 is 14.2 Å². The van der Waals surface area contributed by atoms with Crippen LogP contribution in [0.15, 0.2) is 114 Å². The smallest absolute Gasteiger partial charge is 0.417 e. The molecule has 1 heterocycles. The highest BCUT2D eigenvalue weighted by molar-refractivity contribution is 7.89. The van der Waals surface area contributed by atoms with E-state index in [9.17, 15) is 5.26 Å². The van der Waals surface area contributed by atoms with Crippen molar-refractivity contribution in [3.05, 3.63) is 137 Å². The quantitative estimate of drug-likeness (QED) is 0.119. The van der Waals surface area contributed by atoms with Gasteiger partial charge in [-0.25, -0.2) is 8.42 Å². The summed E-state index contributed by atoms with van der Waals surface area (Å²) in [5.74, 6) is 1.31. The van der Waals surface area contributed by atoms with E-state index in [1.165, 1.54) is 56.5 Å². The lowest BCUT2D eigenvalue weighted by Crippen LogP contribution is -2.32. The van der Waals surface area contributed by atoms with Crippen molar-refractivity contribution in [2.24, 2.45) is 0 Å². The molecule has 276 valence electrons. The van der Waals surface area contributed by atoms with Crippen LogP contribution in [-0.4, -0.2) is 54.3 Å². The van der Waals surface area contributed by atoms with Crippen LogP contribution in [0.1, 0.15) is 27.8 Å². The van der Waals surface area contributed by atoms with Crippen LogP contribution >= 0.6 is 0 Å². The van der Waals surface area contributed by atoms with E-state index in [2.05, 4.69) is 15.4 Å². The Labute approximate surface area is 309 Å². The minimum absolute atomic E-state index is 0.0747. The number of methoxy groups -OCH3 is 3. The number of alkyl halides is 3. The number of hydrogen-bond donors (Lipinski definition) is 0. The van der Waals surface area contributed by atoms with Crippen molar-refractivity contribution in [2.45, 2.75) is 30.7 Å². The van der Waals surface area contributed by atoms with Gasteiger partial charge in [-0.2, -0.15) is 27.5 Å². The number of halogens is 3. The first-order valence-electron chi connectivity index (χ1n) is 16.4. The SMILES string of the molecule is COc1ccc(CN(Cc2ccc(OC)cc2)S(=O)(=O)c2c(C(F)(F)F)ccc(-c3ccc(C#N)cc3)c2-c2nnn(Cc3ccc(OC)cc3)n2)cc1. The van der Waals surface area contributed by atoms with Crippen LogP contribution in [0.2, 0.25) is 0 Å². The molecule has 11 nitrogen and oxygen atoms in total. The Bertz CT molecular complexity index is 2330. The highest BCUT2D eigenvalue weighted by Crippen LogP contribution is 2.45. The number of sulfonamides is 1. The summed E-state index contributed by atoms with van der Waals surface area (Å²) in [4.78, 5) is 0.130. The first kappa shape index (κ1) is 37.5. The van der Waals surface area contributed by atoms with Gasteiger partial charge in [0.2, 0.25) is 15.8 Å². The molecule has 0 aliphatic carbocycles. The Balaban J connectivity index is 1.57. The maximum atomic E-state index is 15.1. The molecule has 0 N–H and O–H groups in total. The minimum Gasteiger partial charge on any atom is -0.497 e. The van der Waals surface area contributed by atoms with Gasteiger partial charge in [0.1, 0.15) is 22.1 Å². The Kier molecular flexibility index (Phi) is 11.0. The fourth-order valence-corrected chi connectivity index (χ4v) is 7.61. The molecule has 6 aromatic rings. The average Bonchev–Trinajstić information content (AvgIpc) is 3.65. The van der Waals surface area contributed by atoms with Crippen LogP contribution in [0.5, 0.6) is 17.2 Å². The number of rotatable bonds is 13. The number of ether oxygens (including phenoxy) is 3. The molecule has 0 saturated carbocycles. The number of tetrazole rings is 1. The molecule has 0 saturated heterocycles. The van der Waals surface area contributed by atoms with E-state index in [1.807, 2.05) is 6.07 Å². The molecular formula is C39H33F3N6O5S. The third kappa shape index (κ3) is 8.20. The third-order valence-electron chi connectivity index (χ3n) is 8.58. The molecule has 0 spiro atoms. The van der Waals surface area contributed by atoms with E-state index >= 15 is 21.6 Å². The van der Waals surface area contributed by atoms with Gasteiger partial charge in [0.15, 0.2) is 0 Å². The Hall–Kier alpha value is -6.24. The van der Waals surface area contributed by atoms with Crippen molar-refractivity contribution in [1.82, 2.24) is 24.5 Å². The summed E-state index contributed by atoms with van der Waals surface area (Å²) >= 11 is 0. The zero-order chi connectivity index (χ0) is 38.5. The maximum absolute atomic E-state index is 15.1. The molecule has 0 aliphatic heterocycles. The molecule has 0 fully saturated rings. The summed E-state index contributed by atoms with van der Waals surface area (Å²) in [6.07, 6.45) is -5.12. The van der Waals surface area contributed by atoms with E-state index in [-0.39, 0.29) is 31.0 Å². The molecule has 0 atom stereocenters. The number of nitriles is 1. The van der Waals surface area contributed by atoms with Gasteiger partial charge in [-0.15, -0.1) is 10.2 Å².